The van der Waals surface area contributed by atoms with Gasteiger partial charge in [-0.1, -0.05) is 62.6 Å². The molecular formula is C27H31F3. The summed E-state index contributed by atoms with van der Waals surface area (Å²) in [5, 5.41) is 0. The molecule has 0 saturated heterocycles. The summed E-state index contributed by atoms with van der Waals surface area (Å²) >= 11 is 0. The molecule has 0 aliphatic heterocycles. The Morgan fingerprint density at radius 3 is 2.20 bits per heavy atom. The van der Waals surface area contributed by atoms with Crippen LogP contribution in [0.5, 0.6) is 0 Å². The van der Waals surface area contributed by atoms with Crippen LogP contribution in [0.3, 0.4) is 0 Å². The molecule has 0 bridgehead atoms. The molecule has 0 unspecified atom stereocenters. The molecule has 0 N–H and O–H groups in total. The van der Waals surface area contributed by atoms with E-state index in [4.69, 9.17) is 0 Å². The molecule has 0 nitrogen and oxygen atoms in total. The van der Waals surface area contributed by atoms with Gasteiger partial charge in [0.15, 0.2) is 11.6 Å². The van der Waals surface area contributed by atoms with Gasteiger partial charge in [-0.25, -0.2) is 13.2 Å². The highest BCUT2D eigenvalue weighted by atomic mass is 19.2. The van der Waals surface area contributed by atoms with E-state index in [9.17, 15) is 8.78 Å². The zero-order valence-corrected chi connectivity index (χ0v) is 18.0. The third-order valence-electron chi connectivity index (χ3n) is 7.19. The lowest BCUT2D eigenvalue weighted by molar-refractivity contribution is 0.283. The lowest BCUT2D eigenvalue weighted by atomic mass is 9.74. The summed E-state index contributed by atoms with van der Waals surface area (Å²) in [4.78, 5) is 0. The number of hydrogen-bond donors (Lipinski definition) is 0. The molecule has 0 aromatic heterocycles. The van der Waals surface area contributed by atoms with Crippen LogP contribution >= 0.6 is 0 Å². The number of benzene rings is 2. The van der Waals surface area contributed by atoms with E-state index < -0.39 is 17.5 Å². The molecule has 0 spiro atoms. The van der Waals surface area contributed by atoms with Crippen LogP contribution in [0.25, 0.3) is 17.2 Å². The third-order valence-corrected chi connectivity index (χ3v) is 7.19. The molecule has 3 heteroatoms. The lowest BCUT2D eigenvalue weighted by Gasteiger charge is -2.32. The van der Waals surface area contributed by atoms with Crippen LogP contribution in [0.2, 0.25) is 0 Å². The Hall–Kier alpha value is -2.03. The Balaban J connectivity index is 1.60. The number of aryl methyl sites for hydroxylation is 1. The molecule has 1 fully saturated rings. The predicted molar refractivity (Wildman–Crippen MR) is 118 cm³/mol. The summed E-state index contributed by atoms with van der Waals surface area (Å²) in [6.45, 7) is 4.03. The van der Waals surface area contributed by atoms with Crippen molar-refractivity contribution in [1.82, 2.24) is 0 Å². The minimum absolute atomic E-state index is 0.00835. The summed E-state index contributed by atoms with van der Waals surface area (Å²) in [6.07, 6.45) is 11.7. The van der Waals surface area contributed by atoms with Gasteiger partial charge in [0, 0.05) is 11.1 Å². The van der Waals surface area contributed by atoms with Gasteiger partial charge in [0.2, 0.25) is 0 Å². The molecule has 0 radical (unpaired) electrons. The summed E-state index contributed by atoms with van der Waals surface area (Å²) in [5.74, 6) is -0.742. The van der Waals surface area contributed by atoms with Crippen molar-refractivity contribution in [3.05, 3.63) is 64.0 Å². The Morgan fingerprint density at radius 1 is 0.800 bits per heavy atom. The van der Waals surface area contributed by atoms with Gasteiger partial charge in [-0.15, -0.1) is 0 Å². The van der Waals surface area contributed by atoms with Crippen molar-refractivity contribution in [2.45, 2.75) is 71.6 Å². The van der Waals surface area contributed by atoms with E-state index in [-0.39, 0.29) is 11.1 Å². The monoisotopic (exact) mass is 412 g/mol. The fourth-order valence-electron chi connectivity index (χ4n) is 5.40. The van der Waals surface area contributed by atoms with Crippen LogP contribution in [-0.4, -0.2) is 0 Å². The minimum Gasteiger partial charge on any atom is -0.206 e. The summed E-state index contributed by atoms with van der Waals surface area (Å²) in [7, 11) is 0. The molecule has 30 heavy (non-hydrogen) atoms. The second kappa shape index (κ2) is 8.99. The number of hydrogen-bond acceptors (Lipinski definition) is 0. The van der Waals surface area contributed by atoms with Gasteiger partial charge >= 0.3 is 0 Å². The van der Waals surface area contributed by atoms with Gasteiger partial charge in [-0.05, 0) is 73.5 Å². The molecule has 0 amide bonds. The second-order valence-electron chi connectivity index (χ2n) is 8.97. The maximum Gasteiger partial charge on any atom is 0.167 e. The van der Waals surface area contributed by atoms with Gasteiger partial charge < -0.3 is 0 Å². The summed E-state index contributed by atoms with van der Waals surface area (Å²) < 4.78 is 44.2. The molecule has 160 valence electrons. The van der Waals surface area contributed by atoms with Crippen LogP contribution in [-0.2, 0) is 12.8 Å². The van der Waals surface area contributed by atoms with E-state index >= 15 is 4.39 Å². The fourth-order valence-corrected chi connectivity index (χ4v) is 5.40. The molecular weight excluding hydrogens is 381 g/mol. The maximum absolute atomic E-state index is 15.3. The zero-order valence-electron chi connectivity index (χ0n) is 18.0. The average molecular weight is 413 g/mol. The summed E-state index contributed by atoms with van der Waals surface area (Å²) in [6, 6.07) is 6.54. The number of rotatable bonds is 5. The third kappa shape index (κ3) is 3.96. The van der Waals surface area contributed by atoms with Crippen molar-refractivity contribution in [3.63, 3.8) is 0 Å². The van der Waals surface area contributed by atoms with Crippen LogP contribution < -0.4 is 0 Å². The molecule has 2 aliphatic rings. The van der Waals surface area contributed by atoms with Crippen molar-refractivity contribution in [2.75, 3.05) is 0 Å². The van der Waals surface area contributed by atoms with Crippen LogP contribution in [0.4, 0.5) is 13.2 Å². The van der Waals surface area contributed by atoms with Crippen molar-refractivity contribution >= 4 is 6.08 Å². The predicted octanol–water partition coefficient (Wildman–Crippen LogP) is 8.27. The average Bonchev–Trinajstić information content (AvgIpc) is 2.77. The van der Waals surface area contributed by atoms with Gasteiger partial charge in [-0.3, -0.25) is 0 Å². The van der Waals surface area contributed by atoms with Gasteiger partial charge in [0.1, 0.15) is 5.82 Å². The standard InChI is InChI=1S/C27H31F3/c1-3-5-17-6-8-19(9-7-17)20-11-13-22-21(16-20)12-15-23(26(22)29)24-14-10-18(4-2)25(28)27(24)30/h10,12,14-17,19H,3-9,11,13H2,1-2H3. The Labute approximate surface area is 178 Å². The number of halogens is 3. The first-order valence-corrected chi connectivity index (χ1v) is 11.5. The van der Waals surface area contributed by atoms with Crippen molar-refractivity contribution in [1.29, 1.82) is 0 Å². The van der Waals surface area contributed by atoms with Gasteiger partial charge in [0.25, 0.3) is 0 Å². The highest BCUT2D eigenvalue weighted by molar-refractivity contribution is 5.71. The molecule has 0 heterocycles. The molecule has 2 aromatic carbocycles. The quantitative estimate of drug-likeness (QED) is 0.463. The van der Waals surface area contributed by atoms with Crippen molar-refractivity contribution in [2.24, 2.45) is 11.8 Å². The topological polar surface area (TPSA) is 0 Å². The van der Waals surface area contributed by atoms with Crippen LogP contribution in [0.15, 0.2) is 29.8 Å². The van der Waals surface area contributed by atoms with Crippen molar-refractivity contribution in [3.8, 4) is 11.1 Å². The van der Waals surface area contributed by atoms with E-state index in [1.165, 1.54) is 50.2 Å². The molecule has 4 rings (SSSR count). The number of fused-ring (bicyclic) bond motifs is 1. The first-order chi connectivity index (χ1) is 14.5. The Morgan fingerprint density at radius 2 is 1.50 bits per heavy atom. The SMILES string of the molecule is CCCC1CCC(C2=Cc3ccc(-c4ccc(CC)c(F)c4F)c(F)c3CC2)CC1. The van der Waals surface area contributed by atoms with E-state index in [0.29, 0.717) is 29.9 Å². The van der Waals surface area contributed by atoms with Gasteiger partial charge in [-0.2, -0.15) is 0 Å². The first-order valence-electron chi connectivity index (χ1n) is 11.5. The zero-order chi connectivity index (χ0) is 21.3. The van der Waals surface area contributed by atoms with Gasteiger partial charge in [0.05, 0.1) is 0 Å². The Kier molecular flexibility index (Phi) is 6.36. The fraction of sp³-hybridized carbons (Fsp3) is 0.481. The highest BCUT2D eigenvalue weighted by Crippen LogP contribution is 2.41. The van der Waals surface area contributed by atoms with E-state index in [1.54, 1.807) is 19.1 Å². The molecule has 1 saturated carbocycles. The lowest BCUT2D eigenvalue weighted by Crippen LogP contribution is -2.18. The Bertz CT molecular complexity index is 949. The smallest absolute Gasteiger partial charge is 0.167 e. The highest BCUT2D eigenvalue weighted by Gasteiger charge is 2.27. The maximum atomic E-state index is 15.3. The first kappa shape index (κ1) is 21.2. The minimum atomic E-state index is -0.955. The molecule has 2 aromatic rings. The molecule has 0 atom stereocenters. The second-order valence-corrected chi connectivity index (χ2v) is 8.97. The largest absolute Gasteiger partial charge is 0.206 e. The van der Waals surface area contributed by atoms with Crippen LogP contribution in [0.1, 0.15) is 75.5 Å². The van der Waals surface area contributed by atoms with E-state index in [1.807, 2.05) is 6.07 Å². The van der Waals surface area contributed by atoms with E-state index in [2.05, 4.69) is 13.0 Å². The normalized spacial score (nSPS) is 21.3. The van der Waals surface area contributed by atoms with Crippen molar-refractivity contribution < 1.29 is 13.2 Å². The van der Waals surface area contributed by atoms with Crippen LogP contribution in [0, 0.1) is 29.3 Å². The number of allylic oxidation sites excluding steroid dienone is 1. The van der Waals surface area contributed by atoms with E-state index in [0.717, 1.165) is 17.9 Å². The summed E-state index contributed by atoms with van der Waals surface area (Å²) in [5.41, 5.74) is 3.46. The molecule has 2 aliphatic carbocycles.